The minimum Gasteiger partial charge on any atom is -0.346 e. The van der Waals surface area contributed by atoms with E-state index in [4.69, 9.17) is 11.6 Å². The van der Waals surface area contributed by atoms with Crippen molar-refractivity contribution in [2.45, 2.75) is 18.0 Å². The third-order valence-electron chi connectivity index (χ3n) is 4.61. The monoisotopic (exact) mass is 437 g/mol. The first-order chi connectivity index (χ1) is 14.6. The molecule has 0 spiro atoms. The summed E-state index contributed by atoms with van der Waals surface area (Å²) >= 11 is 7.79. The quantitative estimate of drug-likeness (QED) is 0.434. The van der Waals surface area contributed by atoms with E-state index in [9.17, 15) is 4.79 Å². The maximum Gasteiger partial charge on any atom is 0.276 e. The Morgan fingerprint density at radius 3 is 2.53 bits per heavy atom. The lowest BCUT2D eigenvalue weighted by Crippen LogP contribution is -2.25. The SMILES string of the molecule is CSc1ccc(CNC(=O)c2nnn(Cc3cccc(Cl)c3)c2-n2cccc2)cc1. The van der Waals surface area contributed by atoms with Crippen molar-refractivity contribution < 1.29 is 4.79 Å². The third kappa shape index (κ3) is 4.58. The number of hydrogen-bond acceptors (Lipinski definition) is 4. The number of hydrogen-bond donors (Lipinski definition) is 1. The van der Waals surface area contributed by atoms with Crippen molar-refractivity contribution in [3.05, 3.63) is 94.9 Å². The number of thioether (sulfide) groups is 1. The summed E-state index contributed by atoms with van der Waals surface area (Å²) in [5.74, 6) is 0.334. The van der Waals surface area contributed by atoms with Gasteiger partial charge in [-0.2, -0.15) is 0 Å². The summed E-state index contributed by atoms with van der Waals surface area (Å²) in [4.78, 5) is 14.1. The van der Waals surface area contributed by atoms with Gasteiger partial charge >= 0.3 is 0 Å². The van der Waals surface area contributed by atoms with Gasteiger partial charge in [0.15, 0.2) is 11.5 Å². The minimum atomic E-state index is -0.273. The topological polar surface area (TPSA) is 64.7 Å². The first-order valence-electron chi connectivity index (χ1n) is 9.36. The zero-order valence-corrected chi connectivity index (χ0v) is 17.9. The molecule has 0 radical (unpaired) electrons. The van der Waals surface area contributed by atoms with Crippen LogP contribution in [0.4, 0.5) is 0 Å². The molecule has 0 aliphatic heterocycles. The van der Waals surface area contributed by atoms with Crippen LogP contribution in [0.2, 0.25) is 5.02 Å². The highest BCUT2D eigenvalue weighted by atomic mass is 35.5. The smallest absolute Gasteiger partial charge is 0.276 e. The fraction of sp³-hybridized carbons (Fsp3) is 0.136. The number of benzene rings is 2. The van der Waals surface area contributed by atoms with E-state index in [-0.39, 0.29) is 11.6 Å². The summed E-state index contributed by atoms with van der Waals surface area (Å²) < 4.78 is 3.54. The first kappa shape index (κ1) is 20.3. The summed E-state index contributed by atoms with van der Waals surface area (Å²) in [6.45, 7) is 0.865. The van der Waals surface area contributed by atoms with Crippen molar-refractivity contribution in [3.8, 4) is 5.82 Å². The van der Waals surface area contributed by atoms with Crippen LogP contribution in [0.1, 0.15) is 21.6 Å². The average Bonchev–Trinajstić information content (AvgIpc) is 3.42. The maximum absolute atomic E-state index is 12.9. The fourth-order valence-electron chi connectivity index (χ4n) is 3.11. The Labute approximate surface area is 183 Å². The molecular formula is C22H20ClN5OS. The van der Waals surface area contributed by atoms with Crippen LogP contribution in [-0.4, -0.2) is 31.7 Å². The lowest BCUT2D eigenvalue weighted by atomic mass is 10.2. The zero-order chi connectivity index (χ0) is 20.9. The van der Waals surface area contributed by atoms with Gasteiger partial charge in [0, 0.05) is 28.9 Å². The second-order valence-electron chi connectivity index (χ2n) is 6.67. The van der Waals surface area contributed by atoms with Crippen molar-refractivity contribution in [1.82, 2.24) is 24.9 Å². The molecule has 0 saturated heterocycles. The van der Waals surface area contributed by atoms with Crippen LogP contribution in [0.25, 0.3) is 5.82 Å². The number of aromatic nitrogens is 4. The van der Waals surface area contributed by atoms with Crippen LogP contribution in [-0.2, 0) is 13.1 Å². The van der Waals surface area contributed by atoms with E-state index in [1.165, 1.54) is 4.90 Å². The Hall–Kier alpha value is -3.03. The minimum absolute atomic E-state index is 0.272. The van der Waals surface area contributed by atoms with Gasteiger partial charge in [-0.05, 0) is 53.8 Å². The Balaban J connectivity index is 1.57. The molecule has 0 atom stereocenters. The third-order valence-corrected chi connectivity index (χ3v) is 5.59. The molecule has 1 N–H and O–H groups in total. The molecule has 2 aromatic heterocycles. The summed E-state index contributed by atoms with van der Waals surface area (Å²) in [5.41, 5.74) is 2.27. The van der Waals surface area contributed by atoms with Crippen LogP contribution >= 0.6 is 23.4 Å². The van der Waals surface area contributed by atoms with Crippen LogP contribution in [0.15, 0.2) is 78.0 Å². The van der Waals surface area contributed by atoms with E-state index in [1.807, 2.05) is 83.9 Å². The average molecular weight is 438 g/mol. The lowest BCUT2D eigenvalue weighted by Gasteiger charge is -2.10. The highest BCUT2D eigenvalue weighted by Crippen LogP contribution is 2.18. The first-order valence-corrected chi connectivity index (χ1v) is 11.0. The van der Waals surface area contributed by atoms with Crippen molar-refractivity contribution in [3.63, 3.8) is 0 Å². The number of rotatable bonds is 7. The van der Waals surface area contributed by atoms with E-state index in [0.29, 0.717) is 23.9 Å². The molecule has 0 saturated carbocycles. The van der Waals surface area contributed by atoms with Gasteiger partial charge in [-0.25, -0.2) is 4.68 Å². The normalized spacial score (nSPS) is 10.9. The summed E-state index contributed by atoms with van der Waals surface area (Å²) in [6, 6.07) is 19.4. The largest absolute Gasteiger partial charge is 0.346 e. The van der Waals surface area contributed by atoms with Gasteiger partial charge in [0.25, 0.3) is 5.91 Å². The highest BCUT2D eigenvalue weighted by molar-refractivity contribution is 7.98. The van der Waals surface area contributed by atoms with Crippen LogP contribution < -0.4 is 5.32 Å². The zero-order valence-electron chi connectivity index (χ0n) is 16.3. The molecule has 6 nitrogen and oxygen atoms in total. The Kier molecular flexibility index (Phi) is 6.21. The van der Waals surface area contributed by atoms with Gasteiger partial charge in [-0.1, -0.05) is 41.1 Å². The Morgan fingerprint density at radius 1 is 1.07 bits per heavy atom. The number of carbonyl (C=O) groups is 1. The van der Waals surface area contributed by atoms with Gasteiger partial charge in [0.1, 0.15) is 0 Å². The van der Waals surface area contributed by atoms with E-state index < -0.39 is 0 Å². The number of carbonyl (C=O) groups excluding carboxylic acids is 1. The molecule has 0 aliphatic carbocycles. The maximum atomic E-state index is 12.9. The van der Waals surface area contributed by atoms with Gasteiger partial charge in [-0.3, -0.25) is 4.79 Å². The van der Waals surface area contributed by atoms with Crippen LogP contribution in [0, 0.1) is 0 Å². The molecule has 30 heavy (non-hydrogen) atoms. The fourth-order valence-corrected chi connectivity index (χ4v) is 3.73. The van der Waals surface area contributed by atoms with E-state index in [1.54, 1.807) is 16.4 Å². The van der Waals surface area contributed by atoms with Gasteiger partial charge in [-0.15, -0.1) is 16.9 Å². The lowest BCUT2D eigenvalue weighted by molar-refractivity contribution is 0.0946. The molecule has 0 unspecified atom stereocenters. The second kappa shape index (κ2) is 9.19. The highest BCUT2D eigenvalue weighted by Gasteiger charge is 2.21. The number of halogens is 1. The molecule has 0 fully saturated rings. The predicted molar refractivity (Wildman–Crippen MR) is 119 cm³/mol. The standard InChI is InChI=1S/C22H20ClN5OS/c1-30-19-9-7-16(8-10-19)14-24-21(29)20-22(27-11-2-3-12-27)28(26-25-20)15-17-5-4-6-18(23)13-17/h2-13H,14-15H2,1H3,(H,24,29). The second-order valence-corrected chi connectivity index (χ2v) is 7.99. The van der Waals surface area contributed by atoms with Gasteiger partial charge in [0.05, 0.1) is 6.54 Å². The predicted octanol–water partition coefficient (Wildman–Crippen LogP) is 4.42. The van der Waals surface area contributed by atoms with Gasteiger partial charge in [0.2, 0.25) is 0 Å². The van der Waals surface area contributed by atoms with Crippen LogP contribution in [0.5, 0.6) is 0 Å². The van der Waals surface area contributed by atoms with Crippen LogP contribution in [0.3, 0.4) is 0 Å². The molecule has 0 aliphatic rings. The van der Waals surface area contributed by atoms with E-state index >= 15 is 0 Å². The number of nitrogens with one attached hydrogen (secondary N) is 1. The summed E-state index contributed by atoms with van der Waals surface area (Å²) in [6.07, 6.45) is 5.77. The molecule has 2 heterocycles. The van der Waals surface area contributed by atoms with E-state index in [0.717, 1.165) is 11.1 Å². The van der Waals surface area contributed by atoms with Gasteiger partial charge < -0.3 is 9.88 Å². The summed E-state index contributed by atoms with van der Waals surface area (Å²) in [5, 5.41) is 12.0. The molecule has 0 bridgehead atoms. The van der Waals surface area contributed by atoms with Crippen molar-refractivity contribution >= 4 is 29.3 Å². The number of amides is 1. The van der Waals surface area contributed by atoms with Crippen molar-refractivity contribution in [1.29, 1.82) is 0 Å². The molecule has 8 heteroatoms. The molecular weight excluding hydrogens is 418 g/mol. The molecule has 2 aromatic carbocycles. The molecule has 4 aromatic rings. The summed E-state index contributed by atoms with van der Waals surface area (Å²) in [7, 11) is 0. The molecule has 1 amide bonds. The van der Waals surface area contributed by atoms with Crippen molar-refractivity contribution in [2.24, 2.45) is 0 Å². The number of nitrogens with zero attached hydrogens (tertiary/aromatic N) is 4. The van der Waals surface area contributed by atoms with E-state index in [2.05, 4.69) is 15.6 Å². The Bertz CT molecular complexity index is 1140. The van der Waals surface area contributed by atoms with Crippen molar-refractivity contribution in [2.75, 3.05) is 6.26 Å². The Morgan fingerprint density at radius 2 is 1.83 bits per heavy atom. The molecule has 4 rings (SSSR count). The molecule has 152 valence electrons.